The first-order valence-corrected chi connectivity index (χ1v) is 6.68. The van der Waals surface area contributed by atoms with E-state index in [1.54, 1.807) is 0 Å². The Labute approximate surface area is 99.8 Å². The number of hydrogen-bond donors (Lipinski definition) is 2. The van der Waals surface area contributed by atoms with Gasteiger partial charge in [-0.25, -0.2) is 0 Å². The maximum absolute atomic E-state index is 9.08. The van der Waals surface area contributed by atoms with Crippen LogP contribution in [-0.2, 0) is 4.74 Å². The second-order valence-corrected chi connectivity index (χ2v) is 4.36. The van der Waals surface area contributed by atoms with E-state index in [0.717, 1.165) is 19.4 Å². The van der Waals surface area contributed by atoms with Crippen LogP contribution in [-0.4, -0.2) is 36.1 Å². The van der Waals surface area contributed by atoms with E-state index in [1.807, 2.05) is 0 Å². The van der Waals surface area contributed by atoms with Gasteiger partial charge in [0.15, 0.2) is 0 Å². The summed E-state index contributed by atoms with van der Waals surface area (Å²) < 4.78 is 5.44. The molecule has 0 aromatic heterocycles. The summed E-state index contributed by atoms with van der Waals surface area (Å²) in [5, 5.41) is 17.7. The largest absolute Gasteiger partial charge is 0.394 e. The molecule has 0 heterocycles. The van der Waals surface area contributed by atoms with Crippen molar-refractivity contribution in [3.63, 3.8) is 0 Å². The Balaban J connectivity index is 2.93. The smallest absolute Gasteiger partial charge is 0.0771 e. The maximum atomic E-state index is 9.08. The minimum Gasteiger partial charge on any atom is -0.394 e. The topological polar surface area (TPSA) is 49.7 Å². The van der Waals surface area contributed by atoms with Gasteiger partial charge in [-0.1, -0.05) is 39.0 Å². The molecule has 3 nitrogen and oxygen atoms in total. The van der Waals surface area contributed by atoms with Gasteiger partial charge in [-0.3, -0.25) is 0 Å². The summed E-state index contributed by atoms with van der Waals surface area (Å²) in [4.78, 5) is 0. The highest BCUT2D eigenvalue weighted by molar-refractivity contribution is 4.51. The van der Waals surface area contributed by atoms with E-state index in [2.05, 4.69) is 6.92 Å². The van der Waals surface area contributed by atoms with E-state index in [-0.39, 0.29) is 6.61 Å². The lowest BCUT2D eigenvalue weighted by molar-refractivity contribution is 0.0694. The minimum atomic E-state index is -0.572. The standard InChI is InChI=1S/C13H28O3/c1-2-3-4-5-6-7-10-16-11-8-9-13(15)12-14/h13-15H,2-12H2,1H3. The highest BCUT2D eigenvalue weighted by atomic mass is 16.5. The summed E-state index contributed by atoms with van der Waals surface area (Å²) in [6, 6.07) is 0. The van der Waals surface area contributed by atoms with Crippen molar-refractivity contribution in [2.45, 2.75) is 64.4 Å². The molecule has 0 bridgehead atoms. The van der Waals surface area contributed by atoms with Gasteiger partial charge in [0.25, 0.3) is 0 Å². The van der Waals surface area contributed by atoms with Crippen molar-refractivity contribution in [3.8, 4) is 0 Å². The first-order chi connectivity index (χ1) is 7.81. The van der Waals surface area contributed by atoms with E-state index >= 15 is 0 Å². The predicted octanol–water partition coefficient (Wildman–Crippen LogP) is 2.50. The molecule has 16 heavy (non-hydrogen) atoms. The van der Waals surface area contributed by atoms with Gasteiger partial charge >= 0.3 is 0 Å². The summed E-state index contributed by atoms with van der Waals surface area (Å²) in [5.41, 5.74) is 0. The SMILES string of the molecule is CCCCCCCCOCCCC(O)CO. The van der Waals surface area contributed by atoms with E-state index in [0.29, 0.717) is 13.0 Å². The number of hydrogen-bond acceptors (Lipinski definition) is 3. The van der Waals surface area contributed by atoms with Gasteiger partial charge < -0.3 is 14.9 Å². The average molecular weight is 232 g/mol. The molecule has 0 saturated carbocycles. The van der Waals surface area contributed by atoms with Crippen LogP contribution in [0.5, 0.6) is 0 Å². The van der Waals surface area contributed by atoms with E-state index in [1.165, 1.54) is 32.1 Å². The van der Waals surface area contributed by atoms with Crippen LogP contribution in [0.4, 0.5) is 0 Å². The molecular weight excluding hydrogens is 204 g/mol. The van der Waals surface area contributed by atoms with Crippen LogP contribution in [0, 0.1) is 0 Å². The molecule has 1 atom stereocenters. The first-order valence-electron chi connectivity index (χ1n) is 6.68. The number of rotatable bonds is 12. The molecule has 0 spiro atoms. The summed E-state index contributed by atoms with van der Waals surface area (Å²) >= 11 is 0. The van der Waals surface area contributed by atoms with Crippen LogP contribution in [0.25, 0.3) is 0 Å². The third-order valence-corrected chi connectivity index (χ3v) is 2.68. The Hall–Kier alpha value is -0.120. The predicted molar refractivity (Wildman–Crippen MR) is 66.5 cm³/mol. The first kappa shape index (κ1) is 15.9. The quantitative estimate of drug-likeness (QED) is 0.508. The minimum absolute atomic E-state index is 0.141. The molecule has 0 aliphatic heterocycles. The maximum Gasteiger partial charge on any atom is 0.0771 e. The van der Waals surface area contributed by atoms with Crippen LogP contribution in [0.15, 0.2) is 0 Å². The molecule has 0 fully saturated rings. The van der Waals surface area contributed by atoms with Gasteiger partial charge in [-0.05, 0) is 19.3 Å². The second kappa shape index (κ2) is 12.9. The Morgan fingerprint density at radius 2 is 1.56 bits per heavy atom. The van der Waals surface area contributed by atoms with Crippen LogP contribution >= 0.6 is 0 Å². The molecule has 0 rings (SSSR count). The molecule has 0 aromatic carbocycles. The molecular formula is C13H28O3. The van der Waals surface area contributed by atoms with Gasteiger partial charge in [-0.15, -0.1) is 0 Å². The van der Waals surface area contributed by atoms with E-state index in [9.17, 15) is 0 Å². The number of aliphatic hydroxyl groups excluding tert-OH is 2. The highest BCUT2D eigenvalue weighted by Crippen LogP contribution is 2.05. The molecule has 0 radical (unpaired) electrons. The van der Waals surface area contributed by atoms with Gasteiger partial charge in [0.1, 0.15) is 0 Å². The number of aliphatic hydroxyl groups is 2. The third-order valence-electron chi connectivity index (χ3n) is 2.68. The average Bonchev–Trinajstić information content (AvgIpc) is 2.31. The van der Waals surface area contributed by atoms with Gasteiger partial charge in [0.2, 0.25) is 0 Å². The fourth-order valence-electron chi connectivity index (χ4n) is 1.60. The van der Waals surface area contributed by atoms with Crippen LogP contribution in [0.1, 0.15) is 58.3 Å². The van der Waals surface area contributed by atoms with Crippen LogP contribution in [0.2, 0.25) is 0 Å². The molecule has 0 amide bonds. The monoisotopic (exact) mass is 232 g/mol. The van der Waals surface area contributed by atoms with E-state index in [4.69, 9.17) is 14.9 Å². The van der Waals surface area contributed by atoms with Crippen molar-refractivity contribution in [1.82, 2.24) is 0 Å². The molecule has 3 heteroatoms. The molecule has 0 saturated heterocycles. The molecule has 0 aliphatic carbocycles. The third kappa shape index (κ3) is 12.0. The number of unbranched alkanes of at least 4 members (excludes halogenated alkanes) is 5. The zero-order chi connectivity index (χ0) is 12.1. The van der Waals surface area contributed by atoms with Crippen molar-refractivity contribution in [1.29, 1.82) is 0 Å². The number of ether oxygens (including phenoxy) is 1. The summed E-state index contributed by atoms with van der Waals surface area (Å²) in [5.74, 6) is 0. The lowest BCUT2D eigenvalue weighted by Crippen LogP contribution is -2.12. The Morgan fingerprint density at radius 3 is 2.25 bits per heavy atom. The normalized spacial score (nSPS) is 12.9. The lowest BCUT2D eigenvalue weighted by Gasteiger charge is -2.07. The summed E-state index contributed by atoms with van der Waals surface area (Å²) in [7, 11) is 0. The summed E-state index contributed by atoms with van der Waals surface area (Å²) in [6.45, 7) is 3.62. The molecule has 0 aliphatic rings. The van der Waals surface area contributed by atoms with Crippen LogP contribution < -0.4 is 0 Å². The van der Waals surface area contributed by atoms with Gasteiger partial charge in [0.05, 0.1) is 12.7 Å². The van der Waals surface area contributed by atoms with Crippen molar-refractivity contribution in [2.24, 2.45) is 0 Å². The second-order valence-electron chi connectivity index (χ2n) is 4.36. The fraction of sp³-hybridized carbons (Fsp3) is 1.00. The van der Waals surface area contributed by atoms with Crippen molar-refractivity contribution in [3.05, 3.63) is 0 Å². The van der Waals surface area contributed by atoms with E-state index < -0.39 is 6.10 Å². The summed E-state index contributed by atoms with van der Waals surface area (Å²) in [6.07, 6.45) is 8.61. The zero-order valence-electron chi connectivity index (χ0n) is 10.7. The molecule has 0 aromatic rings. The Kier molecular flexibility index (Phi) is 12.9. The highest BCUT2D eigenvalue weighted by Gasteiger charge is 2.00. The molecule has 2 N–H and O–H groups in total. The fourth-order valence-corrected chi connectivity index (χ4v) is 1.60. The zero-order valence-corrected chi connectivity index (χ0v) is 10.7. The van der Waals surface area contributed by atoms with Crippen molar-refractivity contribution < 1.29 is 14.9 Å². The lowest BCUT2D eigenvalue weighted by atomic mass is 10.1. The van der Waals surface area contributed by atoms with Crippen molar-refractivity contribution in [2.75, 3.05) is 19.8 Å². The Morgan fingerprint density at radius 1 is 0.938 bits per heavy atom. The Bertz CT molecular complexity index is 128. The molecule has 98 valence electrons. The van der Waals surface area contributed by atoms with Gasteiger partial charge in [-0.2, -0.15) is 0 Å². The van der Waals surface area contributed by atoms with Gasteiger partial charge in [0, 0.05) is 13.2 Å². The van der Waals surface area contributed by atoms with Crippen molar-refractivity contribution >= 4 is 0 Å². The molecule has 1 unspecified atom stereocenters. The van der Waals surface area contributed by atoms with Crippen LogP contribution in [0.3, 0.4) is 0 Å².